The summed E-state index contributed by atoms with van der Waals surface area (Å²) >= 11 is 0. The molecule has 10 heteroatoms. The molecule has 0 saturated heterocycles. The largest absolute Gasteiger partial charge is 0.467 e. The number of tetrazole rings is 1. The number of unbranched alkanes of at least 4 members (excludes halogenated alkanes) is 1. The Balaban J connectivity index is 1.37. The first kappa shape index (κ1) is 28.0. The minimum Gasteiger partial charge on any atom is -0.467 e. The Morgan fingerprint density at radius 2 is 1.72 bits per heavy atom. The van der Waals surface area contributed by atoms with Crippen molar-refractivity contribution in [2.75, 3.05) is 13.7 Å². The van der Waals surface area contributed by atoms with Crippen molar-refractivity contribution in [3.8, 4) is 22.5 Å². The van der Waals surface area contributed by atoms with Gasteiger partial charge in [-0.05, 0) is 45.7 Å². The lowest BCUT2D eigenvalue weighted by atomic mass is 9.98. The average molecular weight is 576 g/mol. The third-order valence-corrected chi connectivity index (χ3v) is 7.92. The highest BCUT2D eigenvalue weighted by Gasteiger charge is 2.41. The lowest BCUT2D eigenvalue weighted by Gasteiger charge is -2.34. The quantitative estimate of drug-likeness (QED) is 0.245. The summed E-state index contributed by atoms with van der Waals surface area (Å²) < 4.78 is 7.40. The van der Waals surface area contributed by atoms with Crippen molar-refractivity contribution in [1.29, 1.82) is 0 Å². The van der Waals surface area contributed by atoms with Crippen molar-refractivity contribution in [2.45, 2.75) is 45.2 Å². The first-order valence-corrected chi connectivity index (χ1v) is 14.5. The molecule has 0 radical (unpaired) electrons. The van der Waals surface area contributed by atoms with Crippen LogP contribution in [0.1, 0.15) is 58.9 Å². The number of aryl methyl sites for hydroxylation is 1. The number of imidazole rings is 1. The van der Waals surface area contributed by atoms with E-state index >= 15 is 0 Å². The molecule has 1 aliphatic heterocycles. The molecule has 0 spiro atoms. The van der Waals surface area contributed by atoms with Crippen molar-refractivity contribution in [3.63, 3.8) is 0 Å². The molecule has 2 aromatic heterocycles. The number of fused-ring (bicyclic) bond motifs is 1. The molecular formula is C33H33N7O3. The lowest BCUT2D eigenvalue weighted by Crippen LogP contribution is -2.45. The molecule has 1 N–H and O–H groups in total. The summed E-state index contributed by atoms with van der Waals surface area (Å²) in [6.07, 6.45) is 3.34. The van der Waals surface area contributed by atoms with Crippen LogP contribution >= 0.6 is 0 Å². The van der Waals surface area contributed by atoms with Crippen molar-refractivity contribution in [3.05, 3.63) is 107 Å². The number of nitrogens with zero attached hydrogens (tertiary/aromatic N) is 6. The molecule has 10 nitrogen and oxygen atoms in total. The van der Waals surface area contributed by atoms with Crippen LogP contribution in [0.15, 0.2) is 78.9 Å². The van der Waals surface area contributed by atoms with Crippen LogP contribution in [-0.4, -0.2) is 60.6 Å². The fourth-order valence-corrected chi connectivity index (χ4v) is 5.77. The highest BCUT2D eigenvalue weighted by atomic mass is 16.5. The monoisotopic (exact) mass is 575 g/mol. The van der Waals surface area contributed by atoms with Crippen LogP contribution in [-0.2, 0) is 28.9 Å². The van der Waals surface area contributed by atoms with Gasteiger partial charge in [0.15, 0.2) is 11.9 Å². The van der Waals surface area contributed by atoms with Crippen molar-refractivity contribution < 1.29 is 14.3 Å². The van der Waals surface area contributed by atoms with Gasteiger partial charge in [-0.15, -0.1) is 5.10 Å². The molecule has 5 aromatic rings. The SMILES string of the molecule is CCCCc1nc2c(n1Cc1ccc(-c3ccccc3-c3nnn[nH]3)cc1)C(C(=O)OC)N(C(=O)c1ccccc1)CC2. The lowest BCUT2D eigenvalue weighted by molar-refractivity contribution is -0.147. The Bertz CT molecular complexity index is 1710. The average Bonchev–Trinajstić information content (AvgIpc) is 3.72. The van der Waals surface area contributed by atoms with Gasteiger partial charge in [0.1, 0.15) is 5.82 Å². The Morgan fingerprint density at radius 1 is 0.977 bits per heavy atom. The number of carbonyl (C=O) groups excluding carboxylic acids is 2. The van der Waals surface area contributed by atoms with E-state index < -0.39 is 12.0 Å². The van der Waals surface area contributed by atoms with Crippen LogP contribution in [0.4, 0.5) is 0 Å². The third kappa shape index (κ3) is 5.55. The van der Waals surface area contributed by atoms with E-state index in [4.69, 9.17) is 9.72 Å². The standard InChI is InChI=1S/C33H33N7O3/c1-3-4-14-28-34-27-19-20-39(32(41)24-10-6-5-7-11-24)30(33(42)43-2)29(27)40(28)21-22-15-17-23(18-16-22)25-12-8-9-13-26(25)31-35-37-38-36-31/h5-13,15-18,30H,3-4,14,19-21H2,1-2H3,(H,35,36,37,38). The van der Waals surface area contributed by atoms with Gasteiger partial charge in [-0.2, -0.15) is 0 Å². The summed E-state index contributed by atoms with van der Waals surface area (Å²) in [6.45, 7) is 3.05. The zero-order valence-electron chi connectivity index (χ0n) is 24.2. The van der Waals surface area contributed by atoms with Crippen LogP contribution in [0.3, 0.4) is 0 Å². The van der Waals surface area contributed by atoms with Crippen LogP contribution in [0.5, 0.6) is 0 Å². The van der Waals surface area contributed by atoms with E-state index in [-0.39, 0.29) is 5.91 Å². The van der Waals surface area contributed by atoms with E-state index in [0.29, 0.717) is 30.9 Å². The Hall–Kier alpha value is -5.12. The number of nitrogens with one attached hydrogen (secondary N) is 1. The minimum atomic E-state index is -0.883. The highest BCUT2D eigenvalue weighted by Crippen LogP contribution is 2.35. The van der Waals surface area contributed by atoms with Crippen molar-refractivity contribution in [1.82, 2.24) is 35.1 Å². The summed E-state index contributed by atoms with van der Waals surface area (Å²) in [5.74, 6) is 0.854. The first-order chi connectivity index (χ1) is 21.1. The Kier molecular flexibility index (Phi) is 8.08. The molecule has 3 aromatic carbocycles. The molecule has 1 unspecified atom stereocenters. The highest BCUT2D eigenvalue weighted by molar-refractivity contribution is 5.97. The fourth-order valence-electron chi connectivity index (χ4n) is 5.77. The summed E-state index contributed by atoms with van der Waals surface area (Å²) in [6, 6.07) is 24.5. The second kappa shape index (κ2) is 12.4. The van der Waals surface area contributed by atoms with E-state index in [2.05, 4.69) is 56.4 Å². The van der Waals surface area contributed by atoms with E-state index in [0.717, 1.165) is 58.7 Å². The number of hydrogen-bond acceptors (Lipinski definition) is 7. The molecule has 1 aliphatic rings. The molecule has 3 heterocycles. The molecule has 1 amide bonds. The van der Waals surface area contributed by atoms with Crippen LogP contribution in [0.2, 0.25) is 0 Å². The molecule has 1 atom stereocenters. The molecule has 0 saturated carbocycles. The number of aromatic nitrogens is 6. The molecule has 0 bridgehead atoms. The number of amides is 1. The summed E-state index contributed by atoms with van der Waals surface area (Å²) in [4.78, 5) is 33.7. The van der Waals surface area contributed by atoms with Crippen LogP contribution < -0.4 is 0 Å². The van der Waals surface area contributed by atoms with E-state index in [1.807, 2.05) is 42.5 Å². The van der Waals surface area contributed by atoms with Gasteiger partial charge < -0.3 is 14.2 Å². The predicted molar refractivity (Wildman–Crippen MR) is 161 cm³/mol. The normalized spacial score (nSPS) is 14.4. The number of methoxy groups -OCH3 is 1. The molecule has 6 rings (SSSR count). The maximum absolute atomic E-state index is 13.6. The molecule has 43 heavy (non-hydrogen) atoms. The molecule has 0 aliphatic carbocycles. The first-order valence-electron chi connectivity index (χ1n) is 14.5. The summed E-state index contributed by atoms with van der Waals surface area (Å²) in [7, 11) is 1.37. The second-order valence-electron chi connectivity index (χ2n) is 10.6. The van der Waals surface area contributed by atoms with Gasteiger partial charge in [0, 0.05) is 37.1 Å². The topological polar surface area (TPSA) is 119 Å². The van der Waals surface area contributed by atoms with E-state index in [1.54, 1.807) is 17.0 Å². The zero-order valence-corrected chi connectivity index (χ0v) is 24.2. The number of aromatic amines is 1. The maximum atomic E-state index is 13.6. The number of H-pyrrole nitrogens is 1. The van der Waals surface area contributed by atoms with Crippen LogP contribution in [0.25, 0.3) is 22.5 Å². The second-order valence-corrected chi connectivity index (χ2v) is 10.6. The smallest absolute Gasteiger partial charge is 0.334 e. The third-order valence-electron chi connectivity index (χ3n) is 7.92. The van der Waals surface area contributed by atoms with E-state index in [1.165, 1.54) is 7.11 Å². The van der Waals surface area contributed by atoms with Gasteiger partial charge in [-0.1, -0.05) is 80.1 Å². The fraction of sp³-hybridized carbons (Fsp3) is 0.273. The number of ether oxygens (including phenoxy) is 1. The van der Waals surface area contributed by atoms with E-state index in [9.17, 15) is 9.59 Å². The summed E-state index contributed by atoms with van der Waals surface area (Å²) in [5.41, 5.74) is 6.13. The number of hydrogen-bond donors (Lipinski definition) is 1. The predicted octanol–water partition coefficient (Wildman–Crippen LogP) is 5.03. The van der Waals surface area contributed by atoms with Gasteiger partial charge in [0.05, 0.1) is 18.5 Å². The van der Waals surface area contributed by atoms with Gasteiger partial charge in [0.2, 0.25) is 0 Å². The molecule has 0 fully saturated rings. The zero-order chi connectivity index (χ0) is 29.8. The minimum absolute atomic E-state index is 0.200. The van der Waals surface area contributed by atoms with Gasteiger partial charge >= 0.3 is 5.97 Å². The van der Waals surface area contributed by atoms with Gasteiger partial charge in [0.25, 0.3) is 5.91 Å². The van der Waals surface area contributed by atoms with Gasteiger partial charge in [-0.3, -0.25) is 4.79 Å². The Morgan fingerprint density at radius 3 is 2.42 bits per heavy atom. The van der Waals surface area contributed by atoms with Crippen molar-refractivity contribution in [2.24, 2.45) is 0 Å². The maximum Gasteiger partial charge on any atom is 0.334 e. The molecule has 218 valence electrons. The van der Waals surface area contributed by atoms with Crippen LogP contribution in [0, 0.1) is 0 Å². The number of carbonyl (C=O) groups is 2. The van der Waals surface area contributed by atoms with Gasteiger partial charge in [-0.25, -0.2) is 14.9 Å². The number of rotatable bonds is 9. The van der Waals surface area contributed by atoms with Crippen molar-refractivity contribution >= 4 is 11.9 Å². The number of esters is 1. The summed E-state index contributed by atoms with van der Waals surface area (Å²) in [5, 5.41) is 14.4. The number of benzene rings is 3. The Labute approximate surface area is 249 Å². The molecular weight excluding hydrogens is 542 g/mol.